The molecule has 0 bridgehead atoms. The van der Waals surface area contributed by atoms with E-state index in [1.54, 1.807) is 6.92 Å². The highest BCUT2D eigenvalue weighted by molar-refractivity contribution is 5.89. The fraction of sp³-hybridized carbons (Fsp3) is 0.261. The Bertz CT molecular complexity index is 746. The number of aliphatic carboxylic acids is 1. The number of rotatable bonds is 8. The molecule has 0 atom stereocenters. The summed E-state index contributed by atoms with van der Waals surface area (Å²) in [6, 6.07) is 10.0. The zero-order valence-corrected chi connectivity index (χ0v) is 17.7. The van der Waals surface area contributed by atoms with E-state index in [1.165, 1.54) is 25.7 Å². The lowest BCUT2D eigenvalue weighted by atomic mass is 10.1. The summed E-state index contributed by atoms with van der Waals surface area (Å²) < 4.78 is 8.85. The van der Waals surface area contributed by atoms with Gasteiger partial charge in [-0.25, -0.2) is 14.4 Å². The van der Waals surface area contributed by atoms with E-state index in [4.69, 9.17) is 10.2 Å². The van der Waals surface area contributed by atoms with Crippen LogP contribution in [0, 0.1) is 0 Å². The van der Waals surface area contributed by atoms with Gasteiger partial charge in [0, 0.05) is 16.7 Å². The second kappa shape index (κ2) is 17.6. The zero-order chi connectivity index (χ0) is 23.5. The van der Waals surface area contributed by atoms with E-state index in [1.807, 2.05) is 36.4 Å². The molecule has 0 fully saturated rings. The van der Waals surface area contributed by atoms with Crippen LogP contribution in [0.5, 0.6) is 0 Å². The van der Waals surface area contributed by atoms with E-state index < -0.39 is 11.9 Å². The zero-order valence-electron chi connectivity index (χ0n) is 17.7. The van der Waals surface area contributed by atoms with Crippen molar-refractivity contribution in [1.82, 2.24) is 0 Å². The summed E-state index contributed by atoms with van der Waals surface area (Å²) >= 11 is 0. The van der Waals surface area contributed by atoms with Crippen LogP contribution in [0.25, 0.3) is 6.08 Å². The van der Waals surface area contributed by atoms with Crippen LogP contribution in [0.3, 0.4) is 0 Å². The largest absolute Gasteiger partial charge is 0.478 e. The average Bonchev–Trinajstić information content (AvgIpc) is 2.75. The predicted molar refractivity (Wildman–Crippen MR) is 117 cm³/mol. The maximum Gasteiger partial charge on any atom is 0.333 e. The van der Waals surface area contributed by atoms with Gasteiger partial charge >= 0.3 is 17.9 Å². The fourth-order valence-corrected chi connectivity index (χ4v) is 1.45. The van der Waals surface area contributed by atoms with Crippen molar-refractivity contribution in [3.05, 3.63) is 78.4 Å². The van der Waals surface area contributed by atoms with Gasteiger partial charge in [-0.2, -0.15) is 0 Å². The first kappa shape index (κ1) is 28.8. The summed E-state index contributed by atoms with van der Waals surface area (Å²) in [6.45, 7) is 13.1. The van der Waals surface area contributed by atoms with Crippen LogP contribution in [0.2, 0.25) is 0 Å². The standard InChI is InChI=1S/C10H14O5.C8H8.C5H8O2/c1-7(9(12)13)3-4-8(2)10(14)15-6-5-11;1-2-8-6-4-3-5-7-8;1-4(2)5(6)7-3/h3,11H,2,4-6H2,1H3,(H,12,13);2-7H,1H2;1H2,2-3H3. The van der Waals surface area contributed by atoms with Crippen LogP contribution < -0.4 is 0 Å². The molecule has 1 aromatic carbocycles. The molecule has 1 aromatic rings. The SMILES string of the molecule is C=C(C)C(=O)OC.C=C(CC=C(C)C(=O)O)C(=O)OCCO.C=Cc1ccccc1. The Kier molecular flexibility index (Phi) is 16.9. The summed E-state index contributed by atoms with van der Waals surface area (Å²) in [4.78, 5) is 31.7. The van der Waals surface area contributed by atoms with Gasteiger partial charge in [-0.1, -0.05) is 62.2 Å². The second-order valence-corrected chi connectivity index (χ2v) is 5.75. The number of ether oxygens (including phenoxy) is 2. The van der Waals surface area contributed by atoms with Gasteiger partial charge in [0.2, 0.25) is 0 Å². The van der Waals surface area contributed by atoms with Crippen molar-refractivity contribution < 1.29 is 34.1 Å². The van der Waals surface area contributed by atoms with Gasteiger partial charge < -0.3 is 19.7 Å². The van der Waals surface area contributed by atoms with Crippen molar-refractivity contribution in [1.29, 1.82) is 0 Å². The first-order valence-corrected chi connectivity index (χ1v) is 8.87. The number of carboxylic acids is 1. The Labute approximate surface area is 177 Å². The summed E-state index contributed by atoms with van der Waals surface area (Å²) in [5.74, 6) is -2.01. The Balaban J connectivity index is 0. The normalized spacial score (nSPS) is 9.53. The van der Waals surface area contributed by atoms with Gasteiger partial charge in [0.15, 0.2) is 0 Å². The quantitative estimate of drug-likeness (QED) is 0.490. The van der Waals surface area contributed by atoms with E-state index in [-0.39, 0.29) is 36.8 Å². The smallest absolute Gasteiger partial charge is 0.333 e. The average molecular weight is 418 g/mol. The van der Waals surface area contributed by atoms with Crippen molar-refractivity contribution in [2.75, 3.05) is 20.3 Å². The number of esters is 2. The van der Waals surface area contributed by atoms with E-state index in [9.17, 15) is 14.4 Å². The Morgan fingerprint density at radius 1 is 1.07 bits per heavy atom. The van der Waals surface area contributed by atoms with E-state index >= 15 is 0 Å². The summed E-state index contributed by atoms with van der Waals surface area (Å²) in [7, 11) is 1.33. The van der Waals surface area contributed by atoms with Crippen molar-refractivity contribution >= 4 is 24.0 Å². The minimum Gasteiger partial charge on any atom is -0.478 e. The molecule has 7 heteroatoms. The van der Waals surface area contributed by atoms with E-state index in [0.717, 1.165) is 0 Å². The lowest BCUT2D eigenvalue weighted by Crippen LogP contribution is -2.10. The number of allylic oxidation sites excluding steroid dienone is 1. The van der Waals surface area contributed by atoms with Crippen LogP contribution in [-0.4, -0.2) is 48.4 Å². The maximum atomic E-state index is 11.1. The van der Waals surface area contributed by atoms with Crippen molar-refractivity contribution in [3.8, 4) is 0 Å². The van der Waals surface area contributed by atoms with Gasteiger partial charge in [-0.15, -0.1) is 0 Å². The lowest BCUT2D eigenvalue weighted by Gasteiger charge is -2.03. The molecule has 0 aliphatic carbocycles. The molecular formula is C23H30O7. The first-order valence-electron chi connectivity index (χ1n) is 8.87. The van der Waals surface area contributed by atoms with Gasteiger partial charge in [-0.3, -0.25) is 0 Å². The van der Waals surface area contributed by atoms with Crippen LogP contribution in [0.1, 0.15) is 25.8 Å². The molecule has 0 aromatic heterocycles. The number of methoxy groups -OCH3 is 1. The number of hydrogen-bond donors (Lipinski definition) is 2. The summed E-state index contributed by atoms with van der Waals surface area (Å²) in [5.41, 5.74) is 1.91. The Hall–Kier alpha value is -3.45. The molecule has 164 valence electrons. The molecule has 0 radical (unpaired) electrons. The Morgan fingerprint density at radius 3 is 1.97 bits per heavy atom. The lowest BCUT2D eigenvalue weighted by molar-refractivity contribution is -0.140. The molecule has 1 rings (SSSR count). The highest BCUT2D eigenvalue weighted by Gasteiger charge is 2.07. The maximum absolute atomic E-state index is 11.1. The third-order valence-electron chi connectivity index (χ3n) is 3.17. The number of aliphatic hydroxyl groups excluding tert-OH is 1. The van der Waals surface area contributed by atoms with Crippen LogP contribution in [-0.2, 0) is 23.9 Å². The van der Waals surface area contributed by atoms with Crippen LogP contribution in [0.15, 0.2) is 72.9 Å². The monoisotopic (exact) mass is 418 g/mol. The number of aliphatic hydroxyl groups is 1. The molecule has 0 heterocycles. The summed E-state index contributed by atoms with van der Waals surface area (Å²) in [6.07, 6.45) is 3.34. The first-order chi connectivity index (χ1) is 14.1. The molecule has 0 aliphatic heterocycles. The van der Waals surface area contributed by atoms with Crippen molar-refractivity contribution in [2.24, 2.45) is 0 Å². The highest BCUT2D eigenvalue weighted by Crippen LogP contribution is 2.05. The molecular weight excluding hydrogens is 388 g/mol. The molecule has 0 unspecified atom stereocenters. The van der Waals surface area contributed by atoms with Gasteiger partial charge in [0.1, 0.15) is 6.61 Å². The molecule has 30 heavy (non-hydrogen) atoms. The van der Waals surface area contributed by atoms with Crippen LogP contribution >= 0.6 is 0 Å². The molecule has 0 saturated carbocycles. The van der Waals surface area contributed by atoms with E-state index in [0.29, 0.717) is 5.57 Å². The molecule has 7 nitrogen and oxygen atoms in total. The van der Waals surface area contributed by atoms with Gasteiger partial charge in [0.05, 0.1) is 13.7 Å². The van der Waals surface area contributed by atoms with E-state index in [2.05, 4.69) is 29.2 Å². The number of carbonyl (C=O) groups excluding carboxylic acids is 2. The number of benzene rings is 1. The molecule has 2 N–H and O–H groups in total. The van der Waals surface area contributed by atoms with Gasteiger partial charge in [-0.05, 0) is 25.8 Å². The minimum atomic E-state index is -1.04. The molecule has 0 amide bonds. The molecule has 0 aliphatic rings. The second-order valence-electron chi connectivity index (χ2n) is 5.75. The topological polar surface area (TPSA) is 110 Å². The molecule has 0 saturated heterocycles. The minimum absolute atomic E-state index is 0.0838. The Morgan fingerprint density at radius 2 is 1.63 bits per heavy atom. The van der Waals surface area contributed by atoms with Gasteiger partial charge in [0.25, 0.3) is 0 Å². The highest BCUT2D eigenvalue weighted by atomic mass is 16.5. The summed E-state index contributed by atoms with van der Waals surface area (Å²) in [5, 5.41) is 16.9. The van der Waals surface area contributed by atoms with Crippen LogP contribution in [0.4, 0.5) is 0 Å². The third kappa shape index (κ3) is 15.6. The van der Waals surface area contributed by atoms with Crippen molar-refractivity contribution in [2.45, 2.75) is 20.3 Å². The molecule has 0 spiro atoms. The predicted octanol–water partition coefficient (Wildman–Crippen LogP) is 3.56. The fourth-order valence-electron chi connectivity index (χ4n) is 1.45. The van der Waals surface area contributed by atoms with Crippen molar-refractivity contribution in [3.63, 3.8) is 0 Å². The number of hydrogen-bond acceptors (Lipinski definition) is 6. The third-order valence-corrected chi connectivity index (χ3v) is 3.17. The number of carbonyl (C=O) groups is 3. The number of carboxylic acid groups (broad SMARTS) is 1.